The number of para-hydroxylation sites is 2. The molecule has 0 saturated carbocycles. The third-order valence-electron chi connectivity index (χ3n) is 6.48. The van der Waals surface area contributed by atoms with Gasteiger partial charge in [-0.3, -0.25) is 14.8 Å². The van der Waals surface area contributed by atoms with Crippen LogP contribution in [0.4, 0.5) is 0 Å². The van der Waals surface area contributed by atoms with Crippen LogP contribution in [-0.4, -0.2) is 57.8 Å². The fourth-order valence-corrected chi connectivity index (χ4v) is 4.47. The first-order valence-electron chi connectivity index (χ1n) is 12.1. The van der Waals surface area contributed by atoms with Crippen molar-refractivity contribution < 1.29 is 4.79 Å². The maximum atomic E-state index is 13.2. The first kappa shape index (κ1) is 23.6. The molecule has 3 heterocycles. The predicted molar refractivity (Wildman–Crippen MR) is 145 cm³/mol. The number of rotatable bonds is 7. The SMILES string of the molecule is Cc1ccnc(-c2cc(C(=O)N(C)CCN(C)Cc3c4ccccc4nc4ccccc34)ccn2)c1. The predicted octanol–water partition coefficient (Wildman–Crippen LogP) is 5.36. The number of benzene rings is 2. The zero-order valence-corrected chi connectivity index (χ0v) is 20.8. The fourth-order valence-electron chi connectivity index (χ4n) is 4.47. The first-order chi connectivity index (χ1) is 17.5. The molecule has 1 amide bonds. The number of carbonyl (C=O) groups is 1. The second-order valence-electron chi connectivity index (χ2n) is 9.24. The molecule has 6 nitrogen and oxygen atoms in total. The Morgan fingerprint density at radius 3 is 2.06 bits per heavy atom. The smallest absolute Gasteiger partial charge is 0.253 e. The quantitative estimate of drug-likeness (QED) is 0.297. The monoisotopic (exact) mass is 475 g/mol. The second-order valence-corrected chi connectivity index (χ2v) is 9.24. The molecule has 0 saturated heterocycles. The van der Waals surface area contributed by atoms with E-state index in [1.807, 2.05) is 44.3 Å². The van der Waals surface area contributed by atoms with Crippen LogP contribution in [0.2, 0.25) is 0 Å². The molecule has 0 fully saturated rings. The Labute approximate surface area is 211 Å². The molecule has 0 bridgehead atoms. The molecule has 36 heavy (non-hydrogen) atoms. The summed E-state index contributed by atoms with van der Waals surface area (Å²) in [5, 5.41) is 2.34. The first-order valence-corrected chi connectivity index (χ1v) is 12.1. The molecule has 0 spiro atoms. The Hall–Kier alpha value is -4.16. The van der Waals surface area contributed by atoms with E-state index in [-0.39, 0.29) is 5.91 Å². The van der Waals surface area contributed by atoms with Crippen LogP contribution in [0.1, 0.15) is 21.5 Å². The van der Waals surface area contributed by atoms with E-state index < -0.39 is 0 Å². The lowest BCUT2D eigenvalue weighted by Gasteiger charge is -2.23. The molecule has 0 aliphatic carbocycles. The van der Waals surface area contributed by atoms with E-state index >= 15 is 0 Å². The molecule has 0 unspecified atom stereocenters. The van der Waals surface area contributed by atoms with Crippen LogP contribution in [0.25, 0.3) is 33.2 Å². The number of likely N-dealkylation sites (N-methyl/N-ethyl adjacent to an activating group) is 2. The van der Waals surface area contributed by atoms with Crippen molar-refractivity contribution in [2.45, 2.75) is 13.5 Å². The van der Waals surface area contributed by atoms with Gasteiger partial charge in [-0.15, -0.1) is 0 Å². The number of aryl methyl sites for hydroxylation is 1. The van der Waals surface area contributed by atoms with Crippen molar-refractivity contribution in [2.24, 2.45) is 0 Å². The van der Waals surface area contributed by atoms with Crippen molar-refractivity contribution in [3.63, 3.8) is 0 Å². The third kappa shape index (κ3) is 4.95. The van der Waals surface area contributed by atoms with Crippen molar-refractivity contribution in [3.05, 3.63) is 102 Å². The van der Waals surface area contributed by atoms with E-state index in [9.17, 15) is 4.79 Å². The van der Waals surface area contributed by atoms with E-state index in [2.05, 4.69) is 58.3 Å². The van der Waals surface area contributed by atoms with Gasteiger partial charge >= 0.3 is 0 Å². The lowest BCUT2D eigenvalue weighted by molar-refractivity contribution is 0.0781. The number of aromatic nitrogens is 3. The molecule has 5 rings (SSSR count). The summed E-state index contributed by atoms with van der Waals surface area (Å²) in [5.41, 5.74) is 6.45. The van der Waals surface area contributed by atoms with Crippen LogP contribution in [0.3, 0.4) is 0 Å². The number of nitrogens with zero attached hydrogens (tertiary/aromatic N) is 5. The maximum Gasteiger partial charge on any atom is 0.253 e. The normalized spacial score (nSPS) is 11.3. The molecule has 2 aromatic carbocycles. The third-order valence-corrected chi connectivity index (χ3v) is 6.48. The van der Waals surface area contributed by atoms with Gasteiger partial charge in [-0.25, -0.2) is 4.98 Å². The van der Waals surface area contributed by atoms with Gasteiger partial charge in [0.1, 0.15) is 0 Å². The Bertz CT molecular complexity index is 1490. The summed E-state index contributed by atoms with van der Waals surface area (Å²) in [5.74, 6) is -0.0282. The van der Waals surface area contributed by atoms with Crippen molar-refractivity contribution >= 4 is 27.7 Å². The summed E-state index contributed by atoms with van der Waals surface area (Å²) in [6, 6.07) is 24.1. The van der Waals surface area contributed by atoms with Crippen LogP contribution in [0.15, 0.2) is 85.2 Å². The van der Waals surface area contributed by atoms with Crippen LogP contribution >= 0.6 is 0 Å². The van der Waals surface area contributed by atoms with E-state index in [0.29, 0.717) is 17.8 Å². The topological polar surface area (TPSA) is 62.2 Å². The molecule has 180 valence electrons. The van der Waals surface area contributed by atoms with Gasteiger partial charge in [-0.2, -0.15) is 0 Å². The Balaban J connectivity index is 1.29. The lowest BCUT2D eigenvalue weighted by atomic mass is 10.0. The molecular weight excluding hydrogens is 446 g/mol. The summed E-state index contributed by atoms with van der Waals surface area (Å²) < 4.78 is 0. The zero-order valence-electron chi connectivity index (χ0n) is 20.8. The van der Waals surface area contributed by atoms with E-state index in [0.717, 1.165) is 35.4 Å². The molecule has 5 aromatic rings. The highest BCUT2D eigenvalue weighted by molar-refractivity contribution is 5.97. The number of hydrogen-bond acceptors (Lipinski definition) is 5. The van der Waals surface area contributed by atoms with Crippen molar-refractivity contribution in [1.82, 2.24) is 24.8 Å². The van der Waals surface area contributed by atoms with Crippen LogP contribution in [0.5, 0.6) is 0 Å². The fraction of sp³-hybridized carbons (Fsp3) is 0.200. The van der Waals surface area contributed by atoms with E-state index in [4.69, 9.17) is 4.98 Å². The van der Waals surface area contributed by atoms with E-state index in [1.54, 1.807) is 23.4 Å². The molecule has 3 aromatic heterocycles. The van der Waals surface area contributed by atoms with Gasteiger partial charge in [-0.05, 0) is 61.5 Å². The van der Waals surface area contributed by atoms with Gasteiger partial charge < -0.3 is 9.80 Å². The molecule has 0 aliphatic heterocycles. The standard InChI is InChI=1S/C30H29N5O/c1-21-12-14-31-28(18-21)29-19-22(13-15-32-29)30(36)35(3)17-16-34(2)20-25-23-8-4-6-10-26(23)33-27-11-7-5-9-24(25)27/h4-15,18-19H,16-17,20H2,1-3H3. The molecule has 0 radical (unpaired) electrons. The largest absolute Gasteiger partial charge is 0.340 e. The molecule has 0 atom stereocenters. The summed E-state index contributed by atoms with van der Waals surface area (Å²) in [6.07, 6.45) is 3.43. The van der Waals surface area contributed by atoms with Gasteiger partial charge in [0.2, 0.25) is 0 Å². The summed E-state index contributed by atoms with van der Waals surface area (Å²) >= 11 is 0. The van der Waals surface area contributed by atoms with Gasteiger partial charge in [0.05, 0.1) is 22.4 Å². The molecule has 0 N–H and O–H groups in total. The Kier molecular flexibility index (Phi) is 6.69. The minimum absolute atomic E-state index is 0.0282. The van der Waals surface area contributed by atoms with Crippen molar-refractivity contribution in [1.29, 1.82) is 0 Å². The number of hydrogen-bond donors (Lipinski definition) is 0. The Morgan fingerprint density at radius 2 is 1.39 bits per heavy atom. The minimum Gasteiger partial charge on any atom is -0.340 e. The van der Waals surface area contributed by atoms with Crippen LogP contribution < -0.4 is 0 Å². The highest BCUT2D eigenvalue weighted by Gasteiger charge is 2.16. The second kappa shape index (κ2) is 10.2. The van der Waals surface area contributed by atoms with Gasteiger partial charge in [0.25, 0.3) is 5.91 Å². The number of pyridine rings is 3. The van der Waals surface area contributed by atoms with Gasteiger partial charge in [0.15, 0.2) is 0 Å². The highest BCUT2D eigenvalue weighted by Crippen LogP contribution is 2.27. The molecule has 0 aliphatic rings. The van der Waals surface area contributed by atoms with Crippen LogP contribution in [0, 0.1) is 6.92 Å². The molecular formula is C30H29N5O. The maximum absolute atomic E-state index is 13.2. The zero-order chi connectivity index (χ0) is 25.1. The van der Waals surface area contributed by atoms with Crippen molar-refractivity contribution in [3.8, 4) is 11.4 Å². The average Bonchev–Trinajstić information content (AvgIpc) is 2.91. The number of fused-ring (bicyclic) bond motifs is 2. The highest BCUT2D eigenvalue weighted by atomic mass is 16.2. The Morgan fingerprint density at radius 1 is 0.778 bits per heavy atom. The summed E-state index contributed by atoms with van der Waals surface area (Å²) in [6.45, 7) is 4.13. The van der Waals surface area contributed by atoms with Gasteiger partial charge in [0, 0.05) is 55.4 Å². The molecule has 6 heteroatoms. The minimum atomic E-state index is -0.0282. The summed E-state index contributed by atoms with van der Waals surface area (Å²) in [7, 11) is 3.94. The van der Waals surface area contributed by atoms with Crippen molar-refractivity contribution in [2.75, 3.05) is 27.2 Å². The number of amides is 1. The van der Waals surface area contributed by atoms with Gasteiger partial charge in [-0.1, -0.05) is 36.4 Å². The van der Waals surface area contributed by atoms with Crippen LogP contribution in [-0.2, 0) is 6.54 Å². The lowest BCUT2D eigenvalue weighted by Crippen LogP contribution is -2.34. The summed E-state index contributed by atoms with van der Waals surface area (Å²) in [4.78, 5) is 30.8. The number of carbonyl (C=O) groups excluding carboxylic acids is 1. The average molecular weight is 476 g/mol. The van der Waals surface area contributed by atoms with E-state index in [1.165, 1.54) is 16.3 Å².